The Hall–Kier alpha value is -1.57. The molecule has 138 valence electrons. The van der Waals surface area contributed by atoms with Crippen LogP contribution in [0.25, 0.3) is 0 Å². The zero-order chi connectivity index (χ0) is 17.2. The van der Waals surface area contributed by atoms with Gasteiger partial charge < -0.3 is 15.2 Å². The van der Waals surface area contributed by atoms with Gasteiger partial charge in [-0.05, 0) is 39.2 Å². The molecule has 0 saturated heterocycles. The number of rotatable bonds is 8. The number of nitrogens with zero attached hydrogens (tertiary/aromatic N) is 3. The van der Waals surface area contributed by atoms with Gasteiger partial charge in [-0.15, -0.1) is 24.0 Å². The number of hydrogen-bond acceptors (Lipinski definition) is 2. The van der Waals surface area contributed by atoms with Gasteiger partial charge in [0.25, 0.3) is 0 Å². The third kappa shape index (κ3) is 8.38. The Bertz CT molecular complexity index is 617. The minimum absolute atomic E-state index is 0. The normalized spacial score (nSPS) is 11.1. The SMILES string of the molecule is CCNC(=NCCCn1ccnc1)NCCc1cc(C)cc(C)c1.I. The van der Waals surface area contributed by atoms with E-state index in [1.807, 2.05) is 18.7 Å². The highest BCUT2D eigenvalue weighted by Crippen LogP contribution is 2.08. The fourth-order valence-corrected chi connectivity index (χ4v) is 2.74. The lowest BCUT2D eigenvalue weighted by atomic mass is 10.1. The molecule has 1 heterocycles. The fourth-order valence-electron chi connectivity index (χ4n) is 2.74. The van der Waals surface area contributed by atoms with Gasteiger partial charge in [0, 0.05) is 38.6 Å². The van der Waals surface area contributed by atoms with Gasteiger partial charge >= 0.3 is 0 Å². The highest BCUT2D eigenvalue weighted by atomic mass is 127. The van der Waals surface area contributed by atoms with E-state index in [0.717, 1.165) is 45.0 Å². The van der Waals surface area contributed by atoms with Gasteiger partial charge in [0.2, 0.25) is 0 Å². The maximum absolute atomic E-state index is 4.64. The van der Waals surface area contributed by atoms with E-state index in [9.17, 15) is 0 Å². The maximum Gasteiger partial charge on any atom is 0.191 e. The van der Waals surface area contributed by atoms with E-state index in [1.165, 1.54) is 16.7 Å². The van der Waals surface area contributed by atoms with Gasteiger partial charge in [0.1, 0.15) is 0 Å². The van der Waals surface area contributed by atoms with Gasteiger partial charge in [0.15, 0.2) is 5.96 Å². The van der Waals surface area contributed by atoms with Crippen molar-refractivity contribution < 1.29 is 0 Å². The van der Waals surface area contributed by atoms with Crippen LogP contribution in [0.1, 0.15) is 30.0 Å². The molecule has 6 heteroatoms. The smallest absolute Gasteiger partial charge is 0.191 e. The zero-order valence-corrected chi connectivity index (χ0v) is 17.8. The monoisotopic (exact) mass is 455 g/mol. The summed E-state index contributed by atoms with van der Waals surface area (Å²) >= 11 is 0. The molecule has 0 unspecified atom stereocenters. The number of halogens is 1. The largest absolute Gasteiger partial charge is 0.357 e. The molecule has 1 aromatic carbocycles. The van der Waals surface area contributed by atoms with Gasteiger partial charge in [-0.2, -0.15) is 0 Å². The van der Waals surface area contributed by atoms with Crippen LogP contribution < -0.4 is 10.6 Å². The molecule has 2 aromatic rings. The zero-order valence-electron chi connectivity index (χ0n) is 15.5. The lowest BCUT2D eigenvalue weighted by Crippen LogP contribution is -2.38. The van der Waals surface area contributed by atoms with Crippen molar-refractivity contribution in [3.63, 3.8) is 0 Å². The lowest BCUT2D eigenvalue weighted by Gasteiger charge is -2.12. The number of hydrogen-bond donors (Lipinski definition) is 2. The van der Waals surface area contributed by atoms with Crippen molar-refractivity contribution in [3.05, 3.63) is 53.6 Å². The van der Waals surface area contributed by atoms with Crippen LogP contribution in [0.15, 0.2) is 41.9 Å². The highest BCUT2D eigenvalue weighted by molar-refractivity contribution is 14.0. The van der Waals surface area contributed by atoms with Crippen LogP contribution in [-0.4, -0.2) is 35.1 Å². The average molecular weight is 455 g/mol. The third-order valence-electron chi connectivity index (χ3n) is 3.74. The molecule has 0 bridgehead atoms. The summed E-state index contributed by atoms with van der Waals surface area (Å²) in [6.07, 6.45) is 7.64. The second-order valence-corrected chi connectivity index (χ2v) is 6.09. The summed E-state index contributed by atoms with van der Waals surface area (Å²) in [4.78, 5) is 8.69. The van der Waals surface area contributed by atoms with Gasteiger partial charge in [0.05, 0.1) is 6.33 Å². The standard InChI is InChI=1S/C19H29N5.HI/c1-4-21-19(22-7-5-10-24-11-9-20-15-24)23-8-6-18-13-16(2)12-17(3)14-18;/h9,11-15H,4-8,10H2,1-3H3,(H2,21,22,23);1H. The van der Waals surface area contributed by atoms with E-state index < -0.39 is 0 Å². The number of aliphatic imine (C=N–C) groups is 1. The molecule has 0 amide bonds. The third-order valence-corrected chi connectivity index (χ3v) is 3.74. The van der Waals surface area contributed by atoms with E-state index >= 15 is 0 Å². The highest BCUT2D eigenvalue weighted by Gasteiger charge is 1.99. The topological polar surface area (TPSA) is 54.2 Å². The summed E-state index contributed by atoms with van der Waals surface area (Å²) in [5.41, 5.74) is 4.02. The molecule has 0 spiro atoms. The first kappa shape index (κ1) is 21.5. The molecule has 0 aliphatic carbocycles. The van der Waals surface area contributed by atoms with Gasteiger partial charge in [-0.3, -0.25) is 4.99 Å². The van der Waals surface area contributed by atoms with E-state index in [2.05, 4.69) is 64.1 Å². The van der Waals surface area contributed by atoms with Gasteiger partial charge in [-0.25, -0.2) is 4.98 Å². The number of guanidine groups is 1. The molecular formula is C19H30IN5. The minimum Gasteiger partial charge on any atom is -0.357 e. The van der Waals surface area contributed by atoms with Crippen LogP contribution in [0.2, 0.25) is 0 Å². The molecular weight excluding hydrogens is 425 g/mol. The van der Waals surface area contributed by atoms with Crippen molar-refractivity contribution in [2.45, 2.75) is 40.2 Å². The van der Waals surface area contributed by atoms with Crippen LogP contribution in [0.5, 0.6) is 0 Å². The molecule has 5 nitrogen and oxygen atoms in total. The molecule has 0 fully saturated rings. The Morgan fingerprint density at radius 2 is 1.92 bits per heavy atom. The number of aromatic nitrogens is 2. The fraction of sp³-hybridized carbons (Fsp3) is 0.474. The number of nitrogens with one attached hydrogen (secondary N) is 2. The first-order valence-electron chi connectivity index (χ1n) is 8.72. The first-order valence-corrected chi connectivity index (χ1v) is 8.72. The summed E-state index contributed by atoms with van der Waals surface area (Å²) in [6, 6.07) is 6.72. The summed E-state index contributed by atoms with van der Waals surface area (Å²) in [6.45, 7) is 9.90. The summed E-state index contributed by atoms with van der Waals surface area (Å²) < 4.78 is 2.08. The Balaban J connectivity index is 0.00000312. The summed E-state index contributed by atoms with van der Waals surface area (Å²) in [5.74, 6) is 0.896. The van der Waals surface area contributed by atoms with Crippen molar-refractivity contribution in [2.75, 3.05) is 19.6 Å². The van der Waals surface area contributed by atoms with Crippen LogP contribution in [0.3, 0.4) is 0 Å². The van der Waals surface area contributed by atoms with E-state index in [0.29, 0.717) is 0 Å². The minimum atomic E-state index is 0. The van der Waals surface area contributed by atoms with E-state index in [1.54, 1.807) is 0 Å². The Kier molecular flexibility index (Phi) is 10.2. The molecule has 25 heavy (non-hydrogen) atoms. The van der Waals surface area contributed by atoms with Crippen LogP contribution in [-0.2, 0) is 13.0 Å². The quantitative estimate of drug-likeness (QED) is 0.278. The lowest BCUT2D eigenvalue weighted by molar-refractivity contribution is 0.647. The molecule has 0 aliphatic rings. The predicted molar refractivity (Wildman–Crippen MR) is 116 cm³/mol. The Morgan fingerprint density at radius 1 is 1.16 bits per heavy atom. The van der Waals surface area contributed by atoms with Crippen LogP contribution >= 0.6 is 24.0 Å². The maximum atomic E-state index is 4.64. The van der Waals surface area contributed by atoms with Crippen molar-refractivity contribution in [1.29, 1.82) is 0 Å². The first-order chi connectivity index (χ1) is 11.7. The second-order valence-electron chi connectivity index (χ2n) is 6.09. The number of imidazole rings is 1. The summed E-state index contributed by atoms with van der Waals surface area (Å²) in [7, 11) is 0. The molecule has 0 aliphatic heterocycles. The van der Waals surface area contributed by atoms with Crippen LogP contribution in [0, 0.1) is 13.8 Å². The molecule has 0 radical (unpaired) electrons. The number of aryl methyl sites for hydroxylation is 3. The molecule has 2 N–H and O–H groups in total. The van der Waals surface area contributed by atoms with Crippen LogP contribution in [0.4, 0.5) is 0 Å². The van der Waals surface area contributed by atoms with Crippen molar-refractivity contribution >= 4 is 29.9 Å². The Morgan fingerprint density at radius 3 is 2.56 bits per heavy atom. The van der Waals surface area contributed by atoms with E-state index in [4.69, 9.17) is 0 Å². The average Bonchev–Trinajstić information content (AvgIpc) is 3.04. The molecule has 0 atom stereocenters. The van der Waals surface area contributed by atoms with Crippen molar-refractivity contribution in [2.24, 2.45) is 4.99 Å². The van der Waals surface area contributed by atoms with Gasteiger partial charge in [-0.1, -0.05) is 29.3 Å². The Labute approximate surface area is 168 Å². The second kappa shape index (κ2) is 11.9. The summed E-state index contributed by atoms with van der Waals surface area (Å²) in [5, 5.41) is 6.73. The van der Waals surface area contributed by atoms with Crippen molar-refractivity contribution in [3.8, 4) is 0 Å². The van der Waals surface area contributed by atoms with Crippen molar-refractivity contribution in [1.82, 2.24) is 20.2 Å². The number of benzene rings is 1. The molecule has 2 rings (SSSR count). The molecule has 1 aromatic heterocycles. The molecule has 0 saturated carbocycles. The van der Waals surface area contributed by atoms with E-state index in [-0.39, 0.29) is 24.0 Å². The predicted octanol–water partition coefficient (Wildman–Crippen LogP) is 3.31.